The summed E-state index contributed by atoms with van der Waals surface area (Å²) < 4.78 is 77.3. The Kier molecular flexibility index (Phi) is 7.68. The van der Waals surface area contributed by atoms with E-state index in [4.69, 9.17) is 9.15 Å². The molecule has 4 aromatic rings. The van der Waals surface area contributed by atoms with Gasteiger partial charge < -0.3 is 14.5 Å². The monoisotopic (exact) mass is 560 g/mol. The fourth-order valence-corrected chi connectivity index (χ4v) is 5.09. The molecule has 0 spiro atoms. The van der Waals surface area contributed by atoms with Crippen LogP contribution in [-0.4, -0.2) is 53.7 Å². The van der Waals surface area contributed by atoms with E-state index in [1.165, 1.54) is 68.8 Å². The Morgan fingerprint density at radius 2 is 1.74 bits per heavy atom. The maximum atomic E-state index is 13.6. The van der Waals surface area contributed by atoms with E-state index in [1.54, 1.807) is 6.07 Å². The number of fused-ring (bicyclic) bond motifs is 1. The normalized spacial score (nSPS) is 11.6. The summed E-state index contributed by atoms with van der Waals surface area (Å²) in [5.74, 6) is -1.67. The van der Waals surface area contributed by atoms with Gasteiger partial charge >= 0.3 is 5.97 Å². The van der Waals surface area contributed by atoms with Crippen LogP contribution < -0.4 is 9.62 Å². The summed E-state index contributed by atoms with van der Waals surface area (Å²) in [5, 5.41) is 2.76. The van der Waals surface area contributed by atoms with E-state index in [-0.39, 0.29) is 39.1 Å². The molecule has 0 aliphatic carbocycles. The molecule has 0 bridgehead atoms. The van der Waals surface area contributed by atoms with Crippen LogP contribution in [0.25, 0.3) is 33.4 Å². The van der Waals surface area contributed by atoms with Gasteiger partial charge in [0.05, 0.1) is 36.7 Å². The number of rotatable bonds is 8. The Balaban J connectivity index is 2.10. The van der Waals surface area contributed by atoms with Crippen molar-refractivity contribution in [3.63, 3.8) is 0 Å². The summed E-state index contributed by atoms with van der Waals surface area (Å²) in [5.41, 5.74) is 0.854. The molecule has 0 aliphatic rings. The number of hydrogen-bond acceptors (Lipinski definition) is 6. The molecule has 4 rings (SSSR count). The lowest BCUT2D eigenvalue weighted by molar-refractivity contribution is 0.0600. The van der Waals surface area contributed by atoms with Gasteiger partial charge in [-0.05, 0) is 48.0 Å². The Morgan fingerprint density at radius 1 is 1.05 bits per heavy atom. The molecule has 0 unspecified atom stereocenters. The first-order chi connectivity index (χ1) is 18.4. The summed E-state index contributed by atoms with van der Waals surface area (Å²) in [6, 6.07) is 13.8. The summed E-state index contributed by atoms with van der Waals surface area (Å²) in [4.78, 5) is 25.2. The quantitative estimate of drug-likeness (QED) is 0.301. The summed E-state index contributed by atoms with van der Waals surface area (Å²) in [7, 11) is -1.63. The van der Waals surface area contributed by atoms with Gasteiger partial charge in [0.25, 0.3) is 12.3 Å². The van der Waals surface area contributed by atoms with Crippen molar-refractivity contribution in [2.24, 2.45) is 0 Å². The molecule has 0 saturated carbocycles. The first kappa shape index (κ1) is 27.7. The highest BCUT2D eigenvalue weighted by Gasteiger charge is 2.29. The van der Waals surface area contributed by atoms with Gasteiger partial charge in [-0.3, -0.25) is 9.10 Å². The minimum Gasteiger partial charge on any atom is -0.465 e. The van der Waals surface area contributed by atoms with Crippen LogP contribution in [0.4, 0.5) is 18.9 Å². The van der Waals surface area contributed by atoms with Gasteiger partial charge in [-0.15, -0.1) is 0 Å². The highest BCUT2D eigenvalue weighted by atomic mass is 32.2. The van der Waals surface area contributed by atoms with E-state index >= 15 is 0 Å². The van der Waals surface area contributed by atoms with Gasteiger partial charge in [-0.1, -0.05) is 12.1 Å². The number of esters is 1. The summed E-state index contributed by atoms with van der Waals surface area (Å²) in [6.07, 6.45) is -2.23. The molecule has 0 saturated heterocycles. The molecule has 0 fully saturated rings. The van der Waals surface area contributed by atoms with Crippen LogP contribution in [0.2, 0.25) is 0 Å². The van der Waals surface area contributed by atoms with Crippen LogP contribution in [0.3, 0.4) is 0 Å². The van der Waals surface area contributed by atoms with Gasteiger partial charge in [0.1, 0.15) is 17.2 Å². The zero-order valence-corrected chi connectivity index (χ0v) is 21.8. The zero-order valence-electron chi connectivity index (χ0n) is 21.0. The maximum absolute atomic E-state index is 13.6. The molecule has 8 nitrogen and oxygen atoms in total. The van der Waals surface area contributed by atoms with E-state index in [0.29, 0.717) is 15.4 Å². The number of benzene rings is 3. The van der Waals surface area contributed by atoms with Crippen molar-refractivity contribution >= 4 is 38.6 Å². The first-order valence-corrected chi connectivity index (χ1v) is 13.3. The third-order valence-corrected chi connectivity index (χ3v) is 7.08. The molecule has 0 aliphatic heterocycles. The number of carbonyl (C=O) groups excluding carboxylic acids is 2. The fourth-order valence-electron chi connectivity index (χ4n) is 4.19. The number of hydrogen-bond donors (Lipinski definition) is 1. The highest BCUT2D eigenvalue weighted by Crippen LogP contribution is 2.42. The minimum absolute atomic E-state index is 0.0266. The number of alkyl halides is 2. The topological polar surface area (TPSA) is 106 Å². The Morgan fingerprint density at radius 3 is 2.33 bits per heavy atom. The van der Waals surface area contributed by atoms with Crippen LogP contribution in [0.15, 0.2) is 65.1 Å². The molecule has 0 atom stereocenters. The molecule has 1 aromatic heterocycles. The molecule has 1 heterocycles. The lowest BCUT2D eigenvalue weighted by Crippen LogP contribution is -2.34. The molecule has 1 amide bonds. The van der Waals surface area contributed by atoms with E-state index in [0.717, 1.165) is 6.26 Å². The predicted octanol–water partition coefficient (Wildman–Crippen LogP) is 5.08. The second-order valence-corrected chi connectivity index (χ2v) is 10.4. The van der Waals surface area contributed by atoms with Crippen LogP contribution >= 0.6 is 0 Å². The standard InChI is InChI=1S/C27H23F3N2O6S/c1-31-26(33)24-20-12-19(16-5-4-6-17(11-16)27(34)37-2)21(32(14-23(29)30)39(3,35)36)13-22(20)38-25(24)15-7-9-18(28)10-8-15/h4-13,23H,14H2,1-3H3,(H,31,33). The number of methoxy groups -OCH3 is 1. The van der Waals surface area contributed by atoms with Gasteiger partial charge in [-0.25, -0.2) is 26.4 Å². The minimum atomic E-state index is -4.23. The molecular weight excluding hydrogens is 537 g/mol. The fraction of sp³-hybridized carbons (Fsp3) is 0.185. The van der Waals surface area contributed by atoms with Crippen molar-refractivity contribution in [1.82, 2.24) is 5.32 Å². The van der Waals surface area contributed by atoms with Crippen LogP contribution in [0, 0.1) is 5.82 Å². The lowest BCUT2D eigenvalue weighted by atomic mass is 9.97. The van der Waals surface area contributed by atoms with Gasteiger partial charge in [0.2, 0.25) is 10.0 Å². The van der Waals surface area contributed by atoms with Crippen molar-refractivity contribution in [3.8, 4) is 22.5 Å². The average Bonchev–Trinajstić information content (AvgIpc) is 3.28. The number of amides is 1. The van der Waals surface area contributed by atoms with E-state index < -0.39 is 40.7 Å². The largest absolute Gasteiger partial charge is 0.465 e. The van der Waals surface area contributed by atoms with Gasteiger partial charge in [0, 0.05) is 29.6 Å². The summed E-state index contributed by atoms with van der Waals surface area (Å²) in [6.45, 7) is -1.15. The van der Waals surface area contributed by atoms with Crippen molar-refractivity contribution < 1.29 is 40.3 Å². The lowest BCUT2D eigenvalue weighted by Gasteiger charge is -2.25. The SMILES string of the molecule is CNC(=O)c1c(-c2ccc(F)cc2)oc2cc(N(CC(F)F)S(C)(=O)=O)c(-c3cccc(C(=O)OC)c3)cc12. The smallest absolute Gasteiger partial charge is 0.337 e. The number of carbonyl (C=O) groups is 2. The highest BCUT2D eigenvalue weighted by molar-refractivity contribution is 7.92. The molecule has 3 aromatic carbocycles. The Hall–Kier alpha value is -4.32. The number of anilines is 1. The Labute approximate surface area is 222 Å². The zero-order chi connectivity index (χ0) is 28.5. The first-order valence-electron chi connectivity index (χ1n) is 11.5. The number of halogens is 3. The van der Waals surface area contributed by atoms with Crippen LogP contribution in [-0.2, 0) is 14.8 Å². The molecule has 12 heteroatoms. The number of ether oxygens (including phenoxy) is 1. The van der Waals surface area contributed by atoms with Gasteiger partial charge in [-0.2, -0.15) is 0 Å². The van der Waals surface area contributed by atoms with Gasteiger partial charge in [0.15, 0.2) is 0 Å². The molecule has 39 heavy (non-hydrogen) atoms. The molecule has 0 radical (unpaired) electrons. The second-order valence-electron chi connectivity index (χ2n) is 8.52. The van der Waals surface area contributed by atoms with Crippen molar-refractivity contribution in [2.45, 2.75) is 6.43 Å². The van der Waals surface area contributed by atoms with Crippen molar-refractivity contribution in [3.05, 3.63) is 77.6 Å². The number of nitrogens with zero attached hydrogens (tertiary/aromatic N) is 1. The summed E-state index contributed by atoms with van der Waals surface area (Å²) >= 11 is 0. The molecule has 1 N–H and O–H groups in total. The predicted molar refractivity (Wildman–Crippen MR) is 140 cm³/mol. The van der Waals surface area contributed by atoms with E-state index in [9.17, 15) is 31.2 Å². The average molecular weight is 561 g/mol. The number of furan rings is 1. The second kappa shape index (κ2) is 10.8. The van der Waals surface area contributed by atoms with Crippen LogP contribution in [0.1, 0.15) is 20.7 Å². The molecular formula is C27H23F3N2O6S. The number of nitrogens with one attached hydrogen (secondary N) is 1. The third-order valence-electron chi connectivity index (χ3n) is 5.93. The number of sulfonamides is 1. The molecule has 204 valence electrons. The van der Waals surface area contributed by atoms with Crippen molar-refractivity contribution in [2.75, 3.05) is 31.3 Å². The Bertz CT molecular complexity index is 1670. The van der Waals surface area contributed by atoms with E-state index in [1.807, 2.05) is 0 Å². The van der Waals surface area contributed by atoms with Crippen molar-refractivity contribution in [1.29, 1.82) is 0 Å². The maximum Gasteiger partial charge on any atom is 0.337 e. The van der Waals surface area contributed by atoms with E-state index in [2.05, 4.69) is 5.32 Å². The van der Waals surface area contributed by atoms with Crippen LogP contribution in [0.5, 0.6) is 0 Å². The third kappa shape index (κ3) is 5.60.